The molecule has 2 N–H and O–H groups in total. The summed E-state index contributed by atoms with van der Waals surface area (Å²) in [5, 5.41) is 8.65. The van der Waals surface area contributed by atoms with Crippen molar-refractivity contribution in [3.63, 3.8) is 0 Å². The number of nitrogens with one attached hydrogen (secondary N) is 2. The summed E-state index contributed by atoms with van der Waals surface area (Å²) in [6.45, 7) is 0.550. The maximum Gasteiger partial charge on any atom is 0.261 e. The number of nitrogens with zero attached hydrogens (tertiary/aromatic N) is 1. The predicted molar refractivity (Wildman–Crippen MR) is 98.8 cm³/mol. The summed E-state index contributed by atoms with van der Waals surface area (Å²) >= 11 is 3.01. The first-order valence-electron chi connectivity index (χ1n) is 7.93. The fourth-order valence-corrected chi connectivity index (χ4v) is 4.14. The molecule has 0 saturated heterocycles. The Kier molecular flexibility index (Phi) is 5.33. The molecule has 1 aliphatic rings. The molecule has 1 unspecified atom stereocenters. The van der Waals surface area contributed by atoms with Gasteiger partial charge < -0.3 is 15.5 Å². The third-order valence-electron chi connectivity index (χ3n) is 3.98. The van der Waals surface area contributed by atoms with Crippen molar-refractivity contribution in [2.45, 2.75) is 18.9 Å². The number of anilines is 1. The molecule has 2 aromatic rings. The molecule has 2 amide bonds. The summed E-state index contributed by atoms with van der Waals surface area (Å²) in [5.41, 5.74) is 0. The number of carbonyl (C=O) groups is 2. The highest BCUT2D eigenvalue weighted by molar-refractivity contribution is 7.18. The summed E-state index contributed by atoms with van der Waals surface area (Å²) in [6, 6.07) is 7.81. The lowest BCUT2D eigenvalue weighted by atomic mass is 10.2. The van der Waals surface area contributed by atoms with Crippen molar-refractivity contribution in [1.29, 1.82) is 0 Å². The van der Waals surface area contributed by atoms with Gasteiger partial charge in [-0.25, -0.2) is 0 Å². The van der Waals surface area contributed by atoms with Gasteiger partial charge in [-0.05, 0) is 50.5 Å². The third kappa shape index (κ3) is 4.23. The first-order chi connectivity index (χ1) is 11.5. The topological polar surface area (TPSA) is 61.4 Å². The quantitative estimate of drug-likeness (QED) is 0.794. The van der Waals surface area contributed by atoms with Crippen LogP contribution in [0.3, 0.4) is 0 Å². The molecular weight excluding hydrogens is 342 g/mol. The van der Waals surface area contributed by atoms with Gasteiger partial charge in [0.25, 0.3) is 5.91 Å². The van der Waals surface area contributed by atoms with Gasteiger partial charge in [0.1, 0.15) is 0 Å². The predicted octanol–water partition coefficient (Wildman–Crippen LogP) is 3.19. The fraction of sp³-hybridized carbons (Fsp3) is 0.412. The van der Waals surface area contributed by atoms with Crippen LogP contribution in [0.4, 0.5) is 5.00 Å². The van der Waals surface area contributed by atoms with Crippen molar-refractivity contribution in [1.82, 2.24) is 10.2 Å². The van der Waals surface area contributed by atoms with Gasteiger partial charge in [0.2, 0.25) is 5.91 Å². The lowest BCUT2D eigenvalue weighted by Crippen LogP contribution is -2.33. The van der Waals surface area contributed by atoms with Crippen LogP contribution in [0.25, 0.3) is 0 Å². The van der Waals surface area contributed by atoms with Crippen LogP contribution in [-0.4, -0.2) is 37.4 Å². The molecule has 7 heteroatoms. The van der Waals surface area contributed by atoms with E-state index in [2.05, 4.69) is 21.6 Å². The minimum absolute atomic E-state index is 0.0641. The van der Waals surface area contributed by atoms with Gasteiger partial charge >= 0.3 is 0 Å². The molecule has 1 aliphatic carbocycles. The van der Waals surface area contributed by atoms with Gasteiger partial charge in [-0.2, -0.15) is 0 Å². The monoisotopic (exact) mass is 363 g/mol. The zero-order valence-corrected chi connectivity index (χ0v) is 15.4. The average molecular weight is 364 g/mol. The first kappa shape index (κ1) is 17.1. The van der Waals surface area contributed by atoms with Crippen molar-refractivity contribution in [2.75, 3.05) is 26.0 Å². The Morgan fingerprint density at radius 1 is 1.29 bits per heavy atom. The third-order valence-corrected chi connectivity index (χ3v) is 5.95. The van der Waals surface area contributed by atoms with E-state index in [9.17, 15) is 9.59 Å². The molecule has 0 bridgehead atoms. The Labute approximate surface area is 149 Å². The van der Waals surface area contributed by atoms with Crippen molar-refractivity contribution in [3.05, 3.63) is 39.4 Å². The van der Waals surface area contributed by atoms with Crippen LogP contribution in [0.1, 0.15) is 33.4 Å². The second-order valence-electron chi connectivity index (χ2n) is 6.13. The molecule has 0 radical (unpaired) electrons. The highest BCUT2D eigenvalue weighted by Crippen LogP contribution is 2.31. The smallest absolute Gasteiger partial charge is 0.261 e. The van der Waals surface area contributed by atoms with Gasteiger partial charge in [-0.3, -0.25) is 9.59 Å². The Bertz CT molecular complexity index is 705. The van der Waals surface area contributed by atoms with Crippen LogP contribution in [0.5, 0.6) is 0 Å². The number of amides is 2. The van der Waals surface area contributed by atoms with E-state index >= 15 is 0 Å². The van der Waals surface area contributed by atoms with E-state index in [1.807, 2.05) is 25.5 Å². The number of rotatable bonds is 7. The van der Waals surface area contributed by atoms with E-state index in [0.717, 1.165) is 17.8 Å². The van der Waals surface area contributed by atoms with E-state index in [-0.39, 0.29) is 23.8 Å². The molecule has 128 valence electrons. The molecule has 24 heavy (non-hydrogen) atoms. The highest BCUT2D eigenvalue weighted by atomic mass is 32.1. The van der Waals surface area contributed by atoms with Crippen LogP contribution in [0.2, 0.25) is 0 Å². The van der Waals surface area contributed by atoms with Gasteiger partial charge in [0, 0.05) is 17.3 Å². The summed E-state index contributed by atoms with van der Waals surface area (Å²) in [7, 11) is 4.01. The first-order valence-corrected chi connectivity index (χ1v) is 9.63. The average Bonchev–Trinajstić information content (AvgIpc) is 3.06. The van der Waals surface area contributed by atoms with Gasteiger partial charge in [-0.1, -0.05) is 6.07 Å². The van der Waals surface area contributed by atoms with Crippen molar-refractivity contribution >= 4 is 39.5 Å². The lowest BCUT2D eigenvalue weighted by Gasteiger charge is -2.23. The largest absolute Gasteiger partial charge is 0.349 e. The summed E-state index contributed by atoms with van der Waals surface area (Å²) in [4.78, 5) is 28.1. The molecule has 2 heterocycles. The summed E-state index contributed by atoms with van der Waals surface area (Å²) in [5.74, 6) is 0.125. The fourth-order valence-electron chi connectivity index (χ4n) is 2.39. The van der Waals surface area contributed by atoms with Crippen molar-refractivity contribution in [3.8, 4) is 0 Å². The molecule has 0 spiro atoms. The number of hydrogen-bond donors (Lipinski definition) is 2. The van der Waals surface area contributed by atoms with Crippen molar-refractivity contribution in [2.24, 2.45) is 5.92 Å². The molecule has 0 aliphatic heterocycles. The Balaban J connectivity index is 1.56. The molecule has 2 aromatic heterocycles. The second-order valence-corrected chi connectivity index (χ2v) is 8.20. The van der Waals surface area contributed by atoms with E-state index in [1.54, 1.807) is 23.5 Å². The number of thiophene rings is 2. The molecule has 1 atom stereocenters. The molecule has 1 saturated carbocycles. The number of likely N-dealkylation sites (N-methyl/N-ethyl adjacent to an activating group) is 1. The van der Waals surface area contributed by atoms with Crippen LogP contribution in [-0.2, 0) is 4.79 Å². The maximum absolute atomic E-state index is 12.4. The Morgan fingerprint density at radius 2 is 2.08 bits per heavy atom. The summed E-state index contributed by atoms with van der Waals surface area (Å²) in [6.07, 6.45) is 1.94. The zero-order chi connectivity index (χ0) is 17.1. The van der Waals surface area contributed by atoms with E-state index in [4.69, 9.17) is 0 Å². The van der Waals surface area contributed by atoms with Crippen LogP contribution in [0.15, 0.2) is 29.6 Å². The zero-order valence-electron chi connectivity index (χ0n) is 13.7. The maximum atomic E-state index is 12.4. The normalized spacial score (nSPS) is 15.3. The molecule has 1 fully saturated rings. The SMILES string of the molecule is CN(C)C(CNC(=O)c1ccc(NC(=O)C2CC2)s1)c1cccs1. The van der Waals surface area contributed by atoms with Gasteiger partial charge in [0.05, 0.1) is 15.9 Å². The molecule has 3 rings (SSSR count). The molecule has 5 nitrogen and oxygen atoms in total. The Hall–Kier alpha value is -1.70. The van der Waals surface area contributed by atoms with E-state index in [1.165, 1.54) is 16.2 Å². The minimum atomic E-state index is -0.102. The van der Waals surface area contributed by atoms with Crippen molar-refractivity contribution < 1.29 is 9.59 Å². The minimum Gasteiger partial charge on any atom is -0.349 e. The van der Waals surface area contributed by atoms with Crippen LogP contribution >= 0.6 is 22.7 Å². The van der Waals surface area contributed by atoms with Gasteiger partial charge in [0.15, 0.2) is 0 Å². The van der Waals surface area contributed by atoms with Crippen LogP contribution < -0.4 is 10.6 Å². The highest BCUT2D eigenvalue weighted by Gasteiger charge is 2.30. The lowest BCUT2D eigenvalue weighted by molar-refractivity contribution is -0.117. The van der Waals surface area contributed by atoms with Crippen LogP contribution in [0, 0.1) is 5.92 Å². The second kappa shape index (κ2) is 7.46. The van der Waals surface area contributed by atoms with Gasteiger partial charge in [-0.15, -0.1) is 22.7 Å². The summed E-state index contributed by atoms with van der Waals surface area (Å²) < 4.78 is 0. The van der Waals surface area contributed by atoms with E-state index in [0.29, 0.717) is 11.4 Å². The number of carbonyl (C=O) groups excluding carboxylic acids is 2. The Morgan fingerprint density at radius 3 is 2.71 bits per heavy atom. The number of hydrogen-bond acceptors (Lipinski definition) is 5. The molecular formula is C17H21N3O2S2. The standard InChI is InChI=1S/C17H21N3O2S2/c1-20(2)12(13-4-3-9-23-13)10-18-17(22)14-7-8-15(24-14)19-16(21)11-5-6-11/h3-4,7-9,11-12H,5-6,10H2,1-2H3,(H,18,22)(H,19,21). The molecule has 0 aromatic carbocycles. The van der Waals surface area contributed by atoms with E-state index < -0.39 is 0 Å².